The number of benzene rings is 1. The predicted octanol–water partition coefficient (Wildman–Crippen LogP) is 5.43. The molecule has 0 aliphatic carbocycles. The molecule has 12 heteroatoms. The normalized spacial score (nSPS) is 12.9. The number of rotatable bonds is 7. The fraction of sp³-hybridized carbons (Fsp3) is 0.333. The van der Waals surface area contributed by atoms with E-state index in [1.54, 1.807) is 0 Å². The van der Waals surface area contributed by atoms with Gasteiger partial charge in [-0.25, -0.2) is 13.8 Å². The lowest BCUT2D eigenvalue weighted by atomic mass is 10.1. The number of imidazole rings is 1. The minimum absolute atomic E-state index is 0.0292. The average Bonchev–Trinajstić information content (AvgIpc) is 3.10. The number of alkyl halides is 4. The topological polar surface area (TPSA) is 51.5 Å². The lowest BCUT2D eigenvalue weighted by Gasteiger charge is -2.22. The first-order valence-electron chi connectivity index (χ1n) is 8.67. The molecule has 30 heavy (non-hydrogen) atoms. The van der Waals surface area contributed by atoms with Gasteiger partial charge in [0, 0.05) is 30.9 Å². The molecule has 0 radical (unpaired) electrons. The van der Waals surface area contributed by atoms with Crippen molar-refractivity contribution in [1.29, 1.82) is 0 Å². The fourth-order valence-electron chi connectivity index (χ4n) is 2.68. The van der Waals surface area contributed by atoms with Crippen molar-refractivity contribution in [3.63, 3.8) is 0 Å². The molecule has 5 nitrogen and oxygen atoms in total. The highest BCUT2D eigenvalue weighted by Gasteiger charge is 2.37. The molecule has 0 saturated carbocycles. The Morgan fingerprint density at radius 1 is 1.20 bits per heavy atom. The summed E-state index contributed by atoms with van der Waals surface area (Å²) >= 11 is 6.09. The van der Waals surface area contributed by atoms with Gasteiger partial charge in [-0.2, -0.15) is 18.2 Å². The summed E-state index contributed by atoms with van der Waals surface area (Å²) in [6.07, 6.45) is -2.09. The van der Waals surface area contributed by atoms with Crippen LogP contribution in [0, 0.1) is 11.6 Å². The zero-order valence-electron chi connectivity index (χ0n) is 15.4. The van der Waals surface area contributed by atoms with Gasteiger partial charge in [-0.1, -0.05) is 11.6 Å². The van der Waals surface area contributed by atoms with Crippen molar-refractivity contribution in [2.75, 3.05) is 18.6 Å². The number of hydrogen-bond acceptors (Lipinski definition) is 4. The molecule has 162 valence electrons. The van der Waals surface area contributed by atoms with E-state index in [0.29, 0.717) is 0 Å². The summed E-state index contributed by atoms with van der Waals surface area (Å²) in [5.74, 6) is -2.88. The molecule has 0 amide bonds. The molecule has 0 unspecified atom stereocenters. The van der Waals surface area contributed by atoms with E-state index in [2.05, 4.69) is 15.3 Å². The van der Waals surface area contributed by atoms with E-state index in [9.17, 15) is 26.3 Å². The summed E-state index contributed by atoms with van der Waals surface area (Å²) in [6.45, 7) is 0.0744. The van der Waals surface area contributed by atoms with Gasteiger partial charge < -0.3 is 10.1 Å². The smallest absolute Gasteiger partial charge is 0.408 e. The van der Waals surface area contributed by atoms with Crippen LogP contribution in [0.1, 0.15) is 13.3 Å². The van der Waals surface area contributed by atoms with Gasteiger partial charge in [0.2, 0.25) is 5.78 Å². The van der Waals surface area contributed by atoms with E-state index < -0.39 is 46.8 Å². The molecule has 0 saturated heterocycles. The maximum atomic E-state index is 14.8. The minimum atomic E-state index is -4.65. The summed E-state index contributed by atoms with van der Waals surface area (Å²) in [5.41, 5.74) is -1.11. The van der Waals surface area contributed by atoms with Gasteiger partial charge in [0.05, 0.1) is 24.4 Å². The monoisotopic (exact) mass is 452 g/mol. The van der Waals surface area contributed by atoms with Gasteiger partial charge in [0.25, 0.3) is 0 Å². The summed E-state index contributed by atoms with van der Waals surface area (Å²) in [4.78, 5) is 7.75. The molecule has 1 atom stereocenters. The second kappa shape index (κ2) is 8.58. The summed E-state index contributed by atoms with van der Waals surface area (Å²) in [6, 6.07) is -0.404. The highest BCUT2D eigenvalue weighted by atomic mass is 35.5. The predicted molar refractivity (Wildman–Crippen MR) is 98.6 cm³/mol. The van der Waals surface area contributed by atoms with Gasteiger partial charge in [0.1, 0.15) is 34.4 Å². The molecular formula is C18H15ClF6N4O. The van der Waals surface area contributed by atoms with E-state index in [-0.39, 0.29) is 30.4 Å². The van der Waals surface area contributed by atoms with Crippen LogP contribution in [-0.4, -0.2) is 39.9 Å². The highest BCUT2D eigenvalue weighted by Crippen LogP contribution is 2.40. The number of nitrogens with one attached hydrogen (secondary N) is 1. The number of ether oxygens (including phenoxy) is 1. The molecule has 1 aromatic carbocycles. The zero-order chi connectivity index (χ0) is 22.1. The number of aromatic nitrogens is 3. The van der Waals surface area contributed by atoms with Crippen LogP contribution in [0.3, 0.4) is 0 Å². The van der Waals surface area contributed by atoms with Crippen molar-refractivity contribution < 1.29 is 31.1 Å². The van der Waals surface area contributed by atoms with E-state index >= 15 is 0 Å². The highest BCUT2D eigenvalue weighted by molar-refractivity contribution is 6.33. The van der Waals surface area contributed by atoms with Crippen LogP contribution in [0.2, 0.25) is 5.15 Å². The van der Waals surface area contributed by atoms with Gasteiger partial charge >= 0.3 is 6.18 Å². The lowest BCUT2D eigenvalue weighted by Crippen LogP contribution is -2.34. The van der Waals surface area contributed by atoms with E-state index in [1.807, 2.05) is 0 Å². The third-order valence-electron chi connectivity index (χ3n) is 4.16. The van der Waals surface area contributed by atoms with Crippen LogP contribution in [0.5, 0.6) is 5.75 Å². The van der Waals surface area contributed by atoms with E-state index in [1.165, 1.54) is 12.4 Å². The van der Waals surface area contributed by atoms with Gasteiger partial charge in [-0.15, -0.1) is 0 Å². The molecule has 0 aliphatic rings. The second-order valence-corrected chi connectivity index (χ2v) is 6.64. The van der Waals surface area contributed by atoms with E-state index in [4.69, 9.17) is 16.3 Å². The largest absolute Gasteiger partial charge is 0.493 e. The van der Waals surface area contributed by atoms with Gasteiger partial charge in [-0.05, 0) is 6.92 Å². The Labute approximate surface area is 171 Å². The van der Waals surface area contributed by atoms with Gasteiger partial charge in [0.15, 0.2) is 0 Å². The second-order valence-electron chi connectivity index (χ2n) is 6.28. The Morgan fingerprint density at radius 2 is 1.87 bits per heavy atom. The molecule has 2 heterocycles. The van der Waals surface area contributed by atoms with Crippen LogP contribution in [0.25, 0.3) is 16.9 Å². The zero-order valence-corrected chi connectivity index (χ0v) is 16.2. The molecule has 1 N–H and O–H groups in total. The molecule has 0 fully saturated rings. The van der Waals surface area contributed by atoms with Crippen molar-refractivity contribution >= 4 is 23.2 Å². The summed E-state index contributed by atoms with van der Waals surface area (Å²) < 4.78 is 87.4. The average molecular weight is 453 g/mol. The van der Waals surface area contributed by atoms with Crippen molar-refractivity contribution in [1.82, 2.24) is 14.4 Å². The summed E-state index contributed by atoms with van der Waals surface area (Å²) in [5, 5.41) is 1.75. The molecule has 0 spiro atoms. The molecule has 0 bridgehead atoms. The Hall–Kier alpha value is -2.69. The third kappa shape index (κ3) is 4.40. The first kappa shape index (κ1) is 22.0. The molecule has 3 aromatic rings. The van der Waals surface area contributed by atoms with Crippen LogP contribution < -0.4 is 10.1 Å². The number of halogens is 7. The van der Waals surface area contributed by atoms with Crippen LogP contribution in [0.4, 0.5) is 32.2 Å². The third-order valence-corrected chi connectivity index (χ3v) is 4.43. The Kier molecular flexibility index (Phi) is 6.30. The number of nitrogens with zero attached hydrogens (tertiary/aromatic N) is 3. The maximum Gasteiger partial charge on any atom is 0.408 e. The molecule has 0 aliphatic heterocycles. The maximum absolute atomic E-state index is 14.8. The fourth-order valence-corrected chi connectivity index (χ4v) is 2.94. The van der Waals surface area contributed by atoms with Crippen molar-refractivity contribution in [2.45, 2.75) is 25.6 Å². The standard InChI is InChI=1S/C18H15ClF6N4O/c1-9(18(23,24)25)27-16-14(15(19)28-17-26-4-5-29(16)17)13-11(21)7-10(8-12(13)22)30-6-2-3-20/h4-5,7-9,27H,2-3,6H2,1H3/t9-/m1/s1. The molecular weight excluding hydrogens is 438 g/mol. The number of anilines is 1. The van der Waals surface area contributed by atoms with Crippen LogP contribution in [0.15, 0.2) is 24.5 Å². The van der Waals surface area contributed by atoms with Crippen LogP contribution >= 0.6 is 11.6 Å². The Morgan fingerprint density at radius 3 is 2.47 bits per heavy atom. The van der Waals surface area contributed by atoms with Gasteiger partial charge in [-0.3, -0.25) is 8.79 Å². The van der Waals surface area contributed by atoms with Crippen LogP contribution in [-0.2, 0) is 0 Å². The Bertz CT molecular complexity index is 1030. The number of hydrogen-bond donors (Lipinski definition) is 1. The van der Waals surface area contributed by atoms with Crippen molar-refractivity contribution in [3.05, 3.63) is 41.3 Å². The SMILES string of the molecule is C[C@@H](Nc1c(-c2c(F)cc(OCCCF)cc2F)c(Cl)nc2nccn12)C(F)(F)F. The summed E-state index contributed by atoms with van der Waals surface area (Å²) in [7, 11) is 0. The van der Waals surface area contributed by atoms with Crippen molar-refractivity contribution in [2.24, 2.45) is 0 Å². The molecule has 3 rings (SSSR count). The number of fused-ring (bicyclic) bond motifs is 1. The van der Waals surface area contributed by atoms with Crippen molar-refractivity contribution in [3.8, 4) is 16.9 Å². The van der Waals surface area contributed by atoms with E-state index in [0.717, 1.165) is 23.5 Å². The minimum Gasteiger partial charge on any atom is -0.493 e. The lowest BCUT2D eigenvalue weighted by molar-refractivity contribution is -0.138. The molecule has 2 aromatic heterocycles. The Balaban J connectivity index is 2.16. The quantitative estimate of drug-likeness (QED) is 0.295. The first-order chi connectivity index (χ1) is 14.1. The first-order valence-corrected chi connectivity index (χ1v) is 9.05.